The molecule has 0 aromatic heterocycles. The predicted molar refractivity (Wildman–Crippen MR) is 52.9 cm³/mol. The van der Waals surface area contributed by atoms with E-state index in [0.717, 1.165) is 25.2 Å². The fourth-order valence-corrected chi connectivity index (χ4v) is 1.79. The van der Waals surface area contributed by atoms with Gasteiger partial charge in [-0.3, -0.25) is 0 Å². The number of rotatable bonds is 1. The zero-order chi connectivity index (χ0) is 9.26. The van der Waals surface area contributed by atoms with Crippen molar-refractivity contribution in [1.29, 1.82) is 0 Å². The molecule has 0 bridgehead atoms. The SMILES string of the molecule is CCc1cccc2c1OCC[C@H]2N. The second-order valence-corrected chi connectivity index (χ2v) is 3.43. The number of hydrogen-bond donors (Lipinski definition) is 1. The van der Waals surface area contributed by atoms with Crippen LogP contribution in [0.15, 0.2) is 18.2 Å². The van der Waals surface area contributed by atoms with E-state index in [1.54, 1.807) is 0 Å². The Labute approximate surface area is 78.7 Å². The Bertz CT molecular complexity index is 309. The van der Waals surface area contributed by atoms with Crippen molar-refractivity contribution >= 4 is 0 Å². The lowest BCUT2D eigenvalue weighted by atomic mass is 9.97. The van der Waals surface area contributed by atoms with Gasteiger partial charge in [-0.2, -0.15) is 0 Å². The number of hydrogen-bond acceptors (Lipinski definition) is 2. The molecule has 1 atom stereocenters. The second-order valence-electron chi connectivity index (χ2n) is 3.43. The van der Waals surface area contributed by atoms with Crippen LogP contribution in [0.25, 0.3) is 0 Å². The molecular weight excluding hydrogens is 162 g/mol. The Kier molecular flexibility index (Phi) is 2.23. The van der Waals surface area contributed by atoms with Gasteiger partial charge in [-0.25, -0.2) is 0 Å². The molecule has 1 aliphatic heterocycles. The average Bonchev–Trinajstić information content (AvgIpc) is 2.18. The maximum absolute atomic E-state index is 5.99. The quantitative estimate of drug-likeness (QED) is 0.712. The van der Waals surface area contributed by atoms with E-state index in [2.05, 4.69) is 25.1 Å². The van der Waals surface area contributed by atoms with E-state index >= 15 is 0 Å². The van der Waals surface area contributed by atoms with Gasteiger partial charge in [0.05, 0.1) is 6.61 Å². The molecule has 1 aromatic carbocycles. The number of ether oxygens (including phenoxy) is 1. The maximum Gasteiger partial charge on any atom is 0.127 e. The van der Waals surface area contributed by atoms with E-state index < -0.39 is 0 Å². The Hall–Kier alpha value is -1.02. The minimum atomic E-state index is 0.162. The third-order valence-corrected chi connectivity index (χ3v) is 2.58. The monoisotopic (exact) mass is 177 g/mol. The first kappa shape index (κ1) is 8.57. The fourth-order valence-electron chi connectivity index (χ4n) is 1.79. The van der Waals surface area contributed by atoms with Crippen LogP contribution in [0.5, 0.6) is 5.75 Å². The summed E-state index contributed by atoms with van der Waals surface area (Å²) in [6.45, 7) is 2.89. The van der Waals surface area contributed by atoms with Gasteiger partial charge in [0.15, 0.2) is 0 Å². The van der Waals surface area contributed by atoms with Gasteiger partial charge in [0, 0.05) is 18.0 Å². The number of fused-ring (bicyclic) bond motifs is 1. The van der Waals surface area contributed by atoms with Crippen molar-refractivity contribution in [3.05, 3.63) is 29.3 Å². The number of para-hydroxylation sites is 1. The van der Waals surface area contributed by atoms with Crippen LogP contribution in [0.2, 0.25) is 0 Å². The highest BCUT2D eigenvalue weighted by Crippen LogP contribution is 2.33. The lowest BCUT2D eigenvalue weighted by Gasteiger charge is -2.24. The first-order chi connectivity index (χ1) is 6.33. The Balaban J connectivity index is 2.48. The van der Waals surface area contributed by atoms with E-state index in [1.165, 1.54) is 11.1 Å². The van der Waals surface area contributed by atoms with Crippen molar-refractivity contribution in [3.63, 3.8) is 0 Å². The predicted octanol–water partition coefficient (Wildman–Crippen LogP) is 2.03. The van der Waals surface area contributed by atoms with Gasteiger partial charge >= 0.3 is 0 Å². The van der Waals surface area contributed by atoms with Crippen LogP contribution in [0.3, 0.4) is 0 Å². The summed E-state index contributed by atoms with van der Waals surface area (Å²) < 4.78 is 5.64. The maximum atomic E-state index is 5.99. The van der Waals surface area contributed by atoms with Crippen molar-refractivity contribution in [1.82, 2.24) is 0 Å². The van der Waals surface area contributed by atoms with Gasteiger partial charge in [0.25, 0.3) is 0 Å². The largest absolute Gasteiger partial charge is 0.493 e. The summed E-state index contributed by atoms with van der Waals surface area (Å²) >= 11 is 0. The molecule has 2 N–H and O–H groups in total. The highest BCUT2D eigenvalue weighted by atomic mass is 16.5. The van der Waals surface area contributed by atoms with E-state index in [9.17, 15) is 0 Å². The highest BCUT2D eigenvalue weighted by molar-refractivity contribution is 5.44. The number of benzene rings is 1. The Morgan fingerprint density at radius 1 is 1.54 bits per heavy atom. The van der Waals surface area contributed by atoms with E-state index in [-0.39, 0.29) is 6.04 Å². The number of nitrogens with two attached hydrogens (primary N) is 1. The molecule has 2 nitrogen and oxygen atoms in total. The molecule has 2 rings (SSSR count). The summed E-state index contributed by atoms with van der Waals surface area (Å²) in [5.74, 6) is 1.03. The van der Waals surface area contributed by atoms with Gasteiger partial charge in [-0.05, 0) is 12.0 Å². The van der Waals surface area contributed by atoms with Crippen LogP contribution in [0.1, 0.15) is 30.5 Å². The third-order valence-electron chi connectivity index (χ3n) is 2.58. The minimum absolute atomic E-state index is 0.162. The van der Waals surface area contributed by atoms with E-state index in [1.807, 2.05) is 0 Å². The molecule has 1 heterocycles. The van der Waals surface area contributed by atoms with Crippen molar-refractivity contribution in [2.75, 3.05) is 6.61 Å². The van der Waals surface area contributed by atoms with Crippen molar-refractivity contribution in [3.8, 4) is 5.75 Å². The molecule has 0 amide bonds. The Morgan fingerprint density at radius 2 is 2.38 bits per heavy atom. The molecule has 2 heteroatoms. The van der Waals surface area contributed by atoms with E-state index in [4.69, 9.17) is 10.5 Å². The van der Waals surface area contributed by atoms with Crippen molar-refractivity contribution < 1.29 is 4.74 Å². The molecule has 13 heavy (non-hydrogen) atoms. The number of aryl methyl sites for hydroxylation is 1. The first-order valence-corrected chi connectivity index (χ1v) is 4.83. The molecule has 0 aliphatic carbocycles. The van der Waals surface area contributed by atoms with Crippen molar-refractivity contribution in [2.45, 2.75) is 25.8 Å². The molecule has 0 saturated heterocycles. The standard InChI is InChI=1S/C11H15NO/c1-2-8-4-3-5-9-10(12)6-7-13-11(8)9/h3-5,10H,2,6-7,12H2,1H3/t10-/m1/s1. The summed E-state index contributed by atoms with van der Waals surface area (Å²) in [5.41, 5.74) is 8.43. The smallest absolute Gasteiger partial charge is 0.127 e. The highest BCUT2D eigenvalue weighted by Gasteiger charge is 2.19. The summed E-state index contributed by atoms with van der Waals surface area (Å²) in [6, 6.07) is 6.40. The van der Waals surface area contributed by atoms with Crippen LogP contribution in [-0.4, -0.2) is 6.61 Å². The molecule has 1 aliphatic rings. The van der Waals surface area contributed by atoms with Gasteiger partial charge < -0.3 is 10.5 Å². The van der Waals surface area contributed by atoms with Gasteiger partial charge in [0.2, 0.25) is 0 Å². The van der Waals surface area contributed by atoms with Crippen LogP contribution in [0, 0.1) is 0 Å². The normalized spacial score (nSPS) is 20.6. The zero-order valence-electron chi connectivity index (χ0n) is 7.92. The lowest BCUT2D eigenvalue weighted by molar-refractivity contribution is 0.266. The van der Waals surface area contributed by atoms with Crippen LogP contribution < -0.4 is 10.5 Å². The molecule has 0 spiro atoms. The average molecular weight is 177 g/mol. The van der Waals surface area contributed by atoms with Crippen LogP contribution in [0.4, 0.5) is 0 Å². The summed E-state index contributed by atoms with van der Waals surface area (Å²) in [4.78, 5) is 0. The molecule has 0 saturated carbocycles. The summed E-state index contributed by atoms with van der Waals surface area (Å²) in [6.07, 6.45) is 1.94. The van der Waals surface area contributed by atoms with E-state index in [0.29, 0.717) is 0 Å². The Morgan fingerprint density at radius 3 is 3.15 bits per heavy atom. The third kappa shape index (κ3) is 1.42. The van der Waals surface area contributed by atoms with Gasteiger partial charge in [-0.15, -0.1) is 0 Å². The van der Waals surface area contributed by atoms with Crippen LogP contribution in [-0.2, 0) is 6.42 Å². The fraction of sp³-hybridized carbons (Fsp3) is 0.455. The molecule has 0 fully saturated rings. The second kappa shape index (κ2) is 3.38. The molecule has 70 valence electrons. The zero-order valence-corrected chi connectivity index (χ0v) is 7.92. The minimum Gasteiger partial charge on any atom is -0.493 e. The first-order valence-electron chi connectivity index (χ1n) is 4.83. The summed E-state index contributed by atoms with van der Waals surface area (Å²) in [5, 5.41) is 0. The van der Waals surface area contributed by atoms with Crippen molar-refractivity contribution in [2.24, 2.45) is 5.73 Å². The summed E-state index contributed by atoms with van der Waals surface area (Å²) in [7, 11) is 0. The van der Waals surface area contributed by atoms with Gasteiger partial charge in [0.1, 0.15) is 5.75 Å². The van der Waals surface area contributed by atoms with Crippen LogP contribution >= 0.6 is 0 Å². The molecule has 1 aromatic rings. The molecule has 0 unspecified atom stereocenters. The van der Waals surface area contributed by atoms with Gasteiger partial charge in [-0.1, -0.05) is 25.1 Å². The topological polar surface area (TPSA) is 35.2 Å². The molecule has 0 radical (unpaired) electrons. The lowest BCUT2D eigenvalue weighted by Crippen LogP contribution is -2.21. The molecular formula is C11H15NO.